The summed E-state index contributed by atoms with van der Waals surface area (Å²) in [5.41, 5.74) is 1.40. The van der Waals surface area contributed by atoms with E-state index in [2.05, 4.69) is 6.92 Å². The maximum Gasteiger partial charge on any atom is 0.335 e. The van der Waals surface area contributed by atoms with Crippen LogP contribution in [-0.2, 0) is 18.6 Å². The summed E-state index contributed by atoms with van der Waals surface area (Å²) in [5, 5.41) is 8.38. The standard InChI is InChI=1S/C7H6O2.C7H7.V/c8-7(9)6-4-2-1-3-5-6;1-7-5-3-2-4-6-7;/h1-5H,(H,8,9);2-6H,1H2;/q;-1;. The molecule has 0 aliphatic rings. The zero-order valence-corrected chi connectivity index (χ0v) is 10.7. The Morgan fingerprint density at radius 2 is 1.29 bits per heavy atom. The fourth-order valence-electron chi connectivity index (χ4n) is 1.06. The number of carbonyl (C=O) groups is 1. The van der Waals surface area contributed by atoms with Gasteiger partial charge < -0.3 is 5.11 Å². The molecule has 0 atom stereocenters. The van der Waals surface area contributed by atoms with Crippen LogP contribution in [0.2, 0.25) is 0 Å². The number of aromatic carboxylic acids is 1. The van der Waals surface area contributed by atoms with Crippen molar-refractivity contribution in [1.29, 1.82) is 0 Å². The van der Waals surface area contributed by atoms with Gasteiger partial charge >= 0.3 is 5.97 Å². The Morgan fingerprint density at radius 3 is 1.53 bits per heavy atom. The molecule has 87 valence electrons. The second-order valence-corrected chi connectivity index (χ2v) is 3.16. The maximum absolute atomic E-state index is 10.2. The zero-order chi connectivity index (χ0) is 11.8. The summed E-state index contributed by atoms with van der Waals surface area (Å²) in [6, 6.07) is 18.2. The second kappa shape index (κ2) is 8.51. The van der Waals surface area contributed by atoms with Crippen LogP contribution in [0.1, 0.15) is 15.9 Å². The van der Waals surface area contributed by atoms with Gasteiger partial charge in [-0.3, -0.25) is 0 Å². The number of carboxylic acids is 1. The van der Waals surface area contributed by atoms with Crippen molar-refractivity contribution in [3.8, 4) is 0 Å². The van der Waals surface area contributed by atoms with Gasteiger partial charge in [-0.05, 0) is 12.1 Å². The summed E-state index contributed by atoms with van der Waals surface area (Å²) >= 11 is 0. The number of carboxylic acid groups (broad SMARTS) is 1. The van der Waals surface area contributed by atoms with E-state index in [1.165, 1.54) is 0 Å². The van der Waals surface area contributed by atoms with Gasteiger partial charge in [0, 0.05) is 18.6 Å². The van der Waals surface area contributed by atoms with E-state index in [1.807, 2.05) is 30.3 Å². The third-order valence-corrected chi connectivity index (χ3v) is 1.86. The van der Waals surface area contributed by atoms with Gasteiger partial charge in [-0.15, -0.1) is 12.1 Å². The molecule has 0 spiro atoms. The predicted molar refractivity (Wildman–Crippen MR) is 64.3 cm³/mol. The Hall–Kier alpha value is -1.64. The molecule has 0 saturated heterocycles. The van der Waals surface area contributed by atoms with Gasteiger partial charge in [0.25, 0.3) is 0 Å². The molecule has 3 heteroatoms. The molecule has 0 bridgehead atoms. The van der Waals surface area contributed by atoms with E-state index in [1.54, 1.807) is 30.3 Å². The Morgan fingerprint density at radius 1 is 0.882 bits per heavy atom. The molecule has 0 aliphatic carbocycles. The predicted octanol–water partition coefficient (Wildman–Crippen LogP) is 3.25. The van der Waals surface area contributed by atoms with E-state index in [0.717, 1.165) is 5.56 Å². The molecule has 1 radical (unpaired) electrons. The van der Waals surface area contributed by atoms with Crippen molar-refractivity contribution in [1.82, 2.24) is 0 Å². The van der Waals surface area contributed by atoms with E-state index >= 15 is 0 Å². The van der Waals surface area contributed by atoms with Crippen molar-refractivity contribution in [3.63, 3.8) is 0 Å². The normalized spacial score (nSPS) is 8.24. The third kappa shape index (κ3) is 6.51. The van der Waals surface area contributed by atoms with Gasteiger partial charge in [-0.1, -0.05) is 24.3 Å². The number of hydrogen-bond acceptors (Lipinski definition) is 1. The molecule has 0 aliphatic heterocycles. The Bertz CT molecular complexity index is 426. The topological polar surface area (TPSA) is 37.3 Å². The first-order valence-electron chi connectivity index (χ1n) is 4.85. The molecule has 0 saturated carbocycles. The molecular formula is C14H13O2V-. The average molecular weight is 264 g/mol. The Balaban J connectivity index is 0.000000292. The molecule has 0 amide bonds. The first-order chi connectivity index (χ1) is 7.70. The molecule has 0 aromatic heterocycles. The quantitative estimate of drug-likeness (QED) is 0.803. The second-order valence-electron chi connectivity index (χ2n) is 3.16. The minimum absolute atomic E-state index is 0. The summed E-state index contributed by atoms with van der Waals surface area (Å²) in [5.74, 6) is -0.879. The van der Waals surface area contributed by atoms with Crippen molar-refractivity contribution >= 4 is 5.97 Å². The first-order valence-corrected chi connectivity index (χ1v) is 4.85. The van der Waals surface area contributed by atoms with Gasteiger partial charge in [0.2, 0.25) is 0 Å². The first kappa shape index (κ1) is 15.4. The molecule has 0 heterocycles. The Labute approximate surface area is 113 Å². The van der Waals surface area contributed by atoms with Crippen molar-refractivity contribution in [2.45, 2.75) is 0 Å². The minimum Gasteiger partial charge on any atom is -0.478 e. The van der Waals surface area contributed by atoms with Crippen LogP contribution in [0.3, 0.4) is 0 Å². The van der Waals surface area contributed by atoms with Crippen LogP contribution in [0.4, 0.5) is 0 Å². The van der Waals surface area contributed by atoms with Crippen LogP contribution >= 0.6 is 0 Å². The fourth-order valence-corrected chi connectivity index (χ4v) is 1.06. The third-order valence-electron chi connectivity index (χ3n) is 1.86. The molecular weight excluding hydrogens is 251 g/mol. The molecule has 0 unspecified atom stereocenters. The van der Waals surface area contributed by atoms with E-state index in [4.69, 9.17) is 5.11 Å². The van der Waals surface area contributed by atoms with Crippen molar-refractivity contribution in [2.24, 2.45) is 0 Å². The minimum atomic E-state index is -0.879. The number of hydrogen-bond donors (Lipinski definition) is 1. The molecule has 0 fully saturated rings. The SMILES string of the molecule is O=C(O)c1ccccc1.[CH2-]c1ccccc1.[V]. The molecule has 1 N–H and O–H groups in total. The maximum atomic E-state index is 10.2. The largest absolute Gasteiger partial charge is 0.478 e. The summed E-state index contributed by atoms with van der Waals surface area (Å²) in [6.45, 7) is 3.72. The molecule has 2 rings (SSSR count). The van der Waals surface area contributed by atoms with E-state index in [0.29, 0.717) is 5.56 Å². The van der Waals surface area contributed by atoms with E-state index in [-0.39, 0.29) is 18.6 Å². The Kier molecular flexibility index (Phi) is 7.69. The van der Waals surface area contributed by atoms with Crippen LogP contribution in [0, 0.1) is 6.92 Å². The van der Waals surface area contributed by atoms with Crippen molar-refractivity contribution in [3.05, 3.63) is 78.7 Å². The number of benzene rings is 2. The summed E-state index contributed by atoms with van der Waals surface area (Å²) in [4.78, 5) is 10.2. The van der Waals surface area contributed by atoms with Crippen LogP contribution in [0.5, 0.6) is 0 Å². The van der Waals surface area contributed by atoms with Gasteiger partial charge in [-0.2, -0.15) is 24.6 Å². The van der Waals surface area contributed by atoms with Crippen molar-refractivity contribution < 1.29 is 28.5 Å². The molecule has 2 aromatic rings. The van der Waals surface area contributed by atoms with E-state index < -0.39 is 5.97 Å². The van der Waals surface area contributed by atoms with Crippen LogP contribution in [-0.4, -0.2) is 11.1 Å². The monoisotopic (exact) mass is 264 g/mol. The van der Waals surface area contributed by atoms with Gasteiger partial charge in [0.05, 0.1) is 5.56 Å². The van der Waals surface area contributed by atoms with Crippen LogP contribution < -0.4 is 0 Å². The molecule has 2 nitrogen and oxygen atoms in total. The number of rotatable bonds is 1. The molecule has 2 aromatic carbocycles. The van der Waals surface area contributed by atoms with Gasteiger partial charge in [0.15, 0.2) is 0 Å². The zero-order valence-electron chi connectivity index (χ0n) is 9.28. The summed E-state index contributed by atoms with van der Waals surface area (Å²) in [7, 11) is 0. The van der Waals surface area contributed by atoms with E-state index in [9.17, 15) is 4.79 Å². The average Bonchev–Trinajstić information content (AvgIpc) is 2.32. The van der Waals surface area contributed by atoms with Gasteiger partial charge in [0.1, 0.15) is 0 Å². The van der Waals surface area contributed by atoms with Crippen molar-refractivity contribution in [2.75, 3.05) is 0 Å². The smallest absolute Gasteiger partial charge is 0.335 e. The van der Waals surface area contributed by atoms with Crippen LogP contribution in [0.15, 0.2) is 60.7 Å². The summed E-state index contributed by atoms with van der Waals surface area (Å²) in [6.07, 6.45) is 0. The fraction of sp³-hybridized carbons (Fsp3) is 0. The molecule has 17 heavy (non-hydrogen) atoms. The van der Waals surface area contributed by atoms with Crippen LogP contribution in [0.25, 0.3) is 0 Å². The van der Waals surface area contributed by atoms with Gasteiger partial charge in [-0.25, -0.2) is 4.79 Å². The summed E-state index contributed by atoms with van der Waals surface area (Å²) < 4.78 is 0.